The summed E-state index contributed by atoms with van der Waals surface area (Å²) < 4.78 is 5.43. The van der Waals surface area contributed by atoms with Crippen molar-refractivity contribution in [1.29, 1.82) is 0 Å². The fourth-order valence-electron chi connectivity index (χ4n) is 4.98. The number of nitrogens with one attached hydrogen (secondary N) is 1. The number of cyclic esters (lactones) is 1. The lowest BCUT2D eigenvalue weighted by Gasteiger charge is -2.40. The molecule has 1 saturated heterocycles. The summed E-state index contributed by atoms with van der Waals surface area (Å²) >= 11 is 0. The molecule has 2 amide bonds. The third-order valence-electron chi connectivity index (χ3n) is 6.81. The Morgan fingerprint density at radius 3 is 2.47 bits per heavy atom. The van der Waals surface area contributed by atoms with E-state index in [1.807, 2.05) is 37.3 Å². The van der Waals surface area contributed by atoms with Crippen LogP contribution in [0.25, 0.3) is 0 Å². The number of hydrogen-bond donors (Lipinski definition) is 1. The third kappa shape index (κ3) is 5.02. The van der Waals surface area contributed by atoms with Crippen LogP contribution in [0.15, 0.2) is 72.8 Å². The van der Waals surface area contributed by atoms with Crippen molar-refractivity contribution in [2.75, 3.05) is 29.9 Å². The fourth-order valence-corrected chi connectivity index (χ4v) is 4.98. The number of hydrogen-bond acceptors (Lipinski definition) is 5. The van der Waals surface area contributed by atoms with E-state index in [1.165, 1.54) is 0 Å². The van der Waals surface area contributed by atoms with E-state index in [0.717, 1.165) is 29.7 Å². The van der Waals surface area contributed by atoms with E-state index in [2.05, 4.69) is 16.3 Å². The summed E-state index contributed by atoms with van der Waals surface area (Å²) in [5.41, 5.74) is 4.64. The van der Waals surface area contributed by atoms with Crippen molar-refractivity contribution in [2.45, 2.75) is 32.4 Å². The van der Waals surface area contributed by atoms with Crippen molar-refractivity contribution in [2.24, 2.45) is 0 Å². The number of ether oxygens (including phenoxy) is 1. The van der Waals surface area contributed by atoms with Gasteiger partial charge in [0, 0.05) is 35.8 Å². The first-order valence-electron chi connectivity index (χ1n) is 12.3. The molecule has 184 valence electrons. The van der Waals surface area contributed by atoms with Gasteiger partial charge in [0.25, 0.3) is 0 Å². The molecule has 1 fully saturated rings. The van der Waals surface area contributed by atoms with E-state index in [-0.39, 0.29) is 30.4 Å². The van der Waals surface area contributed by atoms with Crippen molar-refractivity contribution >= 4 is 29.2 Å². The first-order valence-corrected chi connectivity index (χ1v) is 12.3. The van der Waals surface area contributed by atoms with E-state index < -0.39 is 0 Å². The second kappa shape index (κ2) is 10.3. The summed E-state index contributed by atoms with van der Waals surface area (Å²) in [5, 5.41) is 2.92. The number of carbonyl (C=O) groups is 3. The lowest BCUT2D eigenvalue weighted by molar-refractivity contribution is -0.117. The van der Waals surface area contributed by atoms with Crippen LogP contribution in [0.4, 0.5) is 16.2 Å². The summed E-state index contributed by atoms with van der Waals surface area (Å²) in [6.45, 7) is 3.93. The Bertz CT molecular complexity index is 1280. The first kappa shape index (κ1) is 23.8. The number of ketones is 1. The van der Waals surface area contributed by atoms with Gasteiger partial charge in [-0.2, -0.15) is 0 Å². The Kier molecular flexibility index (Phi) is 6.82. The van der Waals surface area contributed by atoms with Gasteiger partial charge < -0.3 is 10.1 Å². The maximum Gasteiger partial charge on any atom is 0.414 e. The molecule has 3 aromatic carbocycles. The number of para-hydroxylation sites is 1. The Balaban J connectivity index is 1.20. The van der Waals surface area contributed by atoms with Crippen molar-refractivity contribution in [3.05, 3.63) is 95.1 Å². The standard InChI is InChI=1S/C29H29N3O4/c1-20-11-12-26-22(17-20)19-36-29(35)32(26)23-13-15-31(16-14-23)18-27(33)30-25-10-6-5-9-24(25)28(34)21-7-3-2-4-8-21/h2-12,17,23H,13-16,18-19H2,1H3,(H,30,33). The smallest absolute Gasteiger partial charge is 0.414 e. The largest absolute Gasteiger partial charge is 0.444 e. The van der Waals surface area contributed by atoms with Gasteiger partial charge in [0.1, 0.15) is 6.61 Å². The normalized spacial score (nSPS) is 16.2. The SMILES string of the molecule is Cc1ccc2c(c1)COC(=O)N2C1CCN(CC(=O)Nc2ccccc2C(=O)c2ccccc2)CC1. The van der Waals surface area contributed by atoms with Crippen LogP contribution in [0, 0.1) is 6.92 Å². The molecule has 36 heavy (non-hydrogen) atoms. The molecule has 7 heteroatoms. The van der Waals surface area contributed by atoms with Gasteiger partial charge in [-0.1, -0.05) is 60.2 Å². The van der Waals surface area contributed by atoms with Crippen LogP contribution in [0.2, 0.25) is 0 Å². The minimum Gasteiger partial charge on any atom is -0.444 e. The average Bonchev–Trinajstić information content (AvgIpc) is 2.90. The molecule has 5 rings (SSSR count). The molecule has 0 aliphatic carbocycles. The maximum atomic E-state index is 13.0. The van der Waals surface area contributed by atoms with Crippen molar-refractivity contribution < 1.29 is 19.1 Å². The first-order chi connectivity index (χ1) is 17.5. The highest BCUT2D eigenvalue weighted by Gasteiger charge is 2.34. The molecule has 0 aromatic heterocycles. The number of anilines is 2. The van der Waals surface area contributed by atoms with Crippen LogP contribution in [0.5, 0.6) is 0 Å². The predicted octanol–water partition coefficient (Wildman–Crippen LogP) is 4.79. The second-order valence-corrected chi connectivity index (χ2v) is 9.35. The topological polar surface area (TPSA) is 79.0 Å². The van der Waals surface area contributed by atoms with E-state index in [0.29, 0.717) is 36.5 Å². The predicted molar refractivity (Wildman–Crippen MR) is 138 cm³/mol. The Hall–Kier alpha value is -3.97. The van der Waals surface area contributed by atoms with E-state index in [1.54, 1.807) is 41.3 Å². The summed E-state index contributed by atoms with van der Waals surface area (Å²) in [6.07, 6.45) is 1.19. The Morgan fingerprint density at radius 2 is 1.69 bits per heavy atom. The fraction of sp³-hybridized carbons (Fsp3) is 0.276. The Morgan fingerprint density at radius 1 is 0.972 bits per heavy atom. The molecule has 1 N–H and O–H groups in total. The molecule has 2 aliphatic rings. The summed E-state index contributed by atoms with van der Waals surface area (Å²) in [5.74, 6) is -0.295. The number of rotatable bonds is 6. The maximum absolute atomic E-state index is 13.0. The minimum absolute atomic E-state index is 0.0304. The lowest BCUT2D eigenvalue weighted by atomic mass is 10.00. The lowest BCUT2D eigenvalue weighted by Crippen LogP contribution is -2.50. The quantitative estimate of drug-likeness (QED) is 0.510. The summed E-state index contributed by atoms with van der Waals surface area (Å²) in [7, 11) is 0. The van der Waals surface area contributed by atoms with Gasteiger partial charge in [-0.3, -0.25) is 19.4 Å². The van der Waals surface area contributed by atoms with Gasteiger partial charge >= 0.3 is 6.09 Å². The number of likely N-dealkylation sites (tertiary alicyclic amines) is 1. The Labute approximate surface area is 210 Å². The number of nitrogens with zero attached hydrogens (tertiary/aromatic N) is 2. The third-order valence-corrected chi connectivity index (χ3v) is 6.81. The molecule has 7 nitrogen and oxygen atoms in total. The second-order valence-electron chi connectivity index (χ2n) is 9.35. The van der Waals surface area contributed by atoms with Crippen LogP contribution in [-0.4, -0.2) is 48.4 Å². The highest BCUT2D eigenvalue weighted by molar-refractivity contribution is 6.13. The van der Waals surface area contributed by atoms with E-state index in [9.17, 15) is 14.4 Å². The van der Waals surface area contributed by atoms with Crippen molar-refractivity contribution in [1.82, 2.24) is 4.90 Å². The van der Waals surface area contributed by atoms with Crippen LogP contribution >= 0.6 is 0 Å². The van der Waals surface area contributed by atoms with Crippen LogP contribution in [-0.2, 0) is 16.1 Å². The van der Waals surface area contributed by atoms with Gasteiger partial charge in [-0.05, 0) is 38.0 Å². The van der Waals surface area contributed by atoms with E-state index >= 15 is 0 Å². The van der Waals surface area contributed by atoms with Crippen molar-refractivity contribution in [3.63, 3.8) is 0 Å². The molecular weight excluding hydrogens is 454 g/mol. The van der Waals surface area contributed by atoms with Gasteiger partial charge in [0.05, 0.1) is 17.9 Å². The molecule has 0 unspecified atom stereocenters. The zero-order valence-corrected chi connectivity index (χ0v) is 20.3. The molecule has 2 heterocycles. The van der Waals surface area contributed by atoms with Crippen LogP contribution in [0.3, 0.4) is 0 Å². The molecule has 0 bridgehead atoms. The zero-order valence-electron chi connectivity index (χ0n) is 20.3. The van der Waals surface area contributed by atoms with Gasteiger partial charge in [0.15, 0.2) is 5.78 Å². The number of benzene rings is 3. The molecule has 3 aromatic rings. The number of aryl methyl sites for hydroxylation is 1. The zero-order chi connectivity index (χ0) is 25.1. The van der Waals surface area contributed by atoms with Crippen LogP contribution in [0.1, 0.15) is 39.9 Å². The number of fused-ring (bicyclic) bond motifs is 1. The molecule has 0 radical (unpaired) electrons. The number of amides is 2. The monoisotopic (exact) mass is 483 g/mol. The molecule has 0 atom stereocenters. The number of piperidine rings is 1. The van der Waals surface area contributed by atoms with E-state index in [4.69, 9.17) is 4.74 Å². The summed E-state index contributed by atoms with van der Waals surface area (Å²) in [6, 6.07) is 22.2. The molecular formula is C29H29N3O4. The highest BCUT2D eigenvalue weighted by atomic mass is 16.6. The molecule has 0 spiro atoms. The highest BCUT2D eigenvalue weighted by Crippen LogP contribution is 2.32. The number of carbonyl (C=O) groups excluding carboxylic acids is 3. The van der Waals surface area contributed by atoms with Gasteiger partial charge in [-0.15, -0.1) is 0 Å². The van der Waals surface area contributed by atoms with Gasteiger partial charge in [0.2, 0.25) is 5.91 Å². The van der Waals surface area contributed by atoms with Crippen LogP contribution < -0.4 is 10.2 Å². The minimum atomic E-state index is -0.303. The summed E-state index contributed by atoms with van der Waals surface area (Å²) in [4.78, 5) is 42.3. The average molecular weight is 484 g/mol. The van der Waals surface area contributed by atoms with Crippen molar-refractivity contribution in [3.8, 4) is 0 Å². The van der Waals surface area contributed by atoms with Gasteiger partial charge in [-0.25, -0.2) is 4.79 Å². The molecule has 2 aliphatic heterocycles. The molecule has 0 saturated carbocycles.